The van der Waals surface area contributed by atoms with E-state index in [2.05, 4.69) is 13.8 Å². The molecule has 0 saturated carbocycles. The highest BCUT2D eigenvalue weighted by Crippen LogP contribution is 2.50. The van der Waals surface area contributed by atoms with Gasteiger partial charge in [0.15, 0.2) is 11.5 Å². The molecule has 0 spiro atoms. The zero-order valence-electron chi connectivity index (χ0n) is 28.1. The second kappa shape index (κ2) is 18.5. The van der Waals surface area contributed by atoms with E-state index in [0.29, 0.717) is 28.7 Å². The highest BCUT2D eigenvalue weighted by Gasteiger charge is 2.33. The van der Waals surface area contributed by atoms with Gasteiger partial charge in [0.05, 0.1) is 7.11 Å². The van der Waals surface area contributed by atoms with Crippen molar-refractivity contribution in [2.24, 2.45) is 0 Å². The summed E-state index contributed by atoms with van der Waals surface area (Å²) in [5.41, 5.74) is 1.79. The summed E-state index contributed by atoms with van der Waals surface area (Å²) in [5, 5.41) is 0. The Morgan fingerprint density at radius 2 is 0.700 bits per heavy atom. The van der Waals surface area contributed by atoms with Gasteiger partial charge < -0.3 is 23.1 Å². The number of phosphoric ester groups is 1. The molecule has 50 heavy (non-hydrogen) atoms. The topological polar surface area (TPSA) is 89.5 Å². The third-order valence-electron chi connectivity index (χ3n) is 7.25. The molecule has 256 valence electrons. The van der Waals surface area contributed by atoms with E-state index in [1.807, 2.05) is 116 Å². The minimum absolute atomic E-state index is 0.331. The Bertz CT molecular complexity index is 1820. The fraction of sp³-hybridized carbons (Fsp3) is 0.0976. The summed E-state index contributed by atoms with van der Waals surface area (Å²) in [5.74, 6) is 3.24. The molecule has 0 N–H and O–H groups in total. The Morgan fingerprint density at radius 1 is 0.420 bits per heavy atom. The first-order valence-corrected chi connectivity index (χ1v) is 17.1. The van der Waals surface area contributed by atoms with Crippen molar-refractivity contribution in [2.45, 2.75) is 19.3 Å². The number of ether oxygens (including phenoxy) is 1. The van der Waals surface area contributed by atoms with Crippen LogP contribution in [0.15, 0.2) is 170 Å². The molecule has 0 bridgehead atoms. The molecule has 9 heteroatoms. The van der Waals surface area contributed by atoms with Gasteiger partial charge in [-0.2, -0.15) is 4.57 Å². The number of hydrogen-bond acceptors (Lipinski definition) is 8. The van der Waals surface area contributed by atoms with Gasteiger partial charge in [0.2, 0.25) is 0 Å². The van der Waals surface area contributed by atoms with Crippen molar-refractivity contribution in [1.29, 1.82) is 0 Å². The van der Waals surface area contributed by atoms with Crippen LogP contribution in [0.1, 0.15) is 25.0 Å². The molecule has 6 aromatic rings. The zero-order valence-corrected chi connectivity index (χ0v) is 29.0. The van der Waals surface area contributed by atoms with Crippen LogP contribution in [0, 0.1) is 0 Å². The summed E-state index contributed by atoms with van der Waals surface area (Å²) in [6, 6.07) is 51.8. The van der Waals surface area contributed by atoms with Crippen molar-refractivity contribution in [2.75, 3.05) is 7.11 Å². The number of methoxy groups -OCH3 is 1. The van der Waals surface area contributed by atoms with Crippen LogP contribution in [0.4, 0.5) is 0 Å². The highest BCUT2D eigenvalue weighted by atomic mass is 31.2. The first-order valence-electron chi connectivity index (χ1n) is 15.6. The number of para-hydroxylation sites is 4. The number of carbonyl (C=O) groups excluding carboxylic acids is 1. The Morgan fingerprint density at radius 3 is 1.04 bits per heavy atom. The van der Waals surface area contributed by atoms with E-state index in [4.69, 9.17) is 32.9 Å². The van der Waals surface area contributed by atoms with E-state index in [0.717, 1.165) is 16.9 Å². The van der Waals surface area contributed by atoms with Gasteiger partial charge in [-0.05, 0) is 83.9 Å². The van der Waals surface area contributed by atoms with Gasteiger partial charge in [0, 0.05) is 5.41 Å². The molecular formula is C41H39O8P. The molecule has 0 aromatic heterocycles. The van der Waals surface area contributed by atoms with Crippen LogP contribution in [0.25, 0.3) is 0 Å². The molecule has 0 atom stereocenters. The summed E-state index contributed by atoms with van der Waals surface area (Å²) >= 11 is 0. The van der Waals surface area contributed by atoms with Crippen molar-refractivity contribution in [1.82, 2.24) is 0 Å². The van der Waals surface area contributed by atoms with Crippen molar-refractivity contribution in [3.63, 3.8) is 0 Å². The molecule has 0 amide bonds. The van der Waals surface area contributed by atoms with Crippen LogP contribution < -0.4 is 28.1 Å². The summed E-state index contributed by atoms with van der Waals surface area (Å²) < 4.78 is 35.9. The van der Waals surface area contributed by atoms with Crippen molar-refractivity contribution >= 4 is 14.6 Å². The predicted molar refractivity (Wildman–Crippen MR) is 195 cm³/mol. The van der Waals surface area contributed by atoms with Crippen LogP contribution in [-0.2, 0) is 14.8 Å². The second-order valence-corrected chi connectivity index (χ2v) is 12.5. The highest BCUT2D eigenvalue weighted by molar-refractivity contribution is 7.49. The van der Waals surface area contributed by atoms with E-state index in [1.165, 1.54) is 0 Å². The molecule has 0 radical (unpaired) electrons. The van der Waals surface area contributed by atoms with Crippen LogP contribution in [0.3, 0.4) is 0 Å². The van der Waals surface area contributed by atoms with Gasteiger partial charge >= 0.3 is 7.82 Å². The minimum atomic E-state index is -4.06. The predicted octanol–water partition coefficient (Wildman–Crippen LogP) is 10.5. The Kier molecular flexibility index (Phi) is 13.7. The molecule has 0 aliphatic rings. The molecule has 0 unspecified atom stereocenters. The van der Waals surface area contributed by atoms with E-state index >= 15 is 0 Å². The summed E-state index contributed by atoms with van der Waals surface area (Å²) in [4.78, 5) is 18.8. The SMILES string of the molecule is C=O.CC(C)(c1ccc(OOc2ccccc2)cc1)c1ccc(OP(=O)(Oc2ccccc2)Oc2ccccc2)cc1.COc1ccccc1. The van der Waals surface area contributed by atoms with Crippen LogP contribution in [0.2, 0.25) is 0 Å². The Labute approximate surface area is 293 Å². The number of rotatable bonds is 12. The average Bonchev–Trinajstić information content (AvgIpc) is 3.17. The van der Waals surface area contributed by atoms with Gasteiger partial charge in [0.25, 0.3) is 0 Å². The van der Waals surface area contributed by atoms with Crippen molar-refractivity contribution in [3.8, 4) is 34.5 Å². The smallest absolute Gasteiger partial charge is 0.497 e. The molecule has 8 nitrogen and oxygen atoms in total. The summed E-state index contributed by atoms with van der Waals surface area (Å²) in [6.45, 7) is 6.25. The van der Waals surface area contributed by atoms with E-state index < -0.39 is 7.82 Å². The van der Waals surface area contributed by atoms with Crippen LogP contribution in [-0.4, -0.2) is 13.9 Å². The fourth-order valence-corrected chi connectivity index (χ4v) is 5.81. The number of phosphoric acid groups is 1. The quantitative estimate of drug-likeness (QED) is 0.0712. The molecule has 0 fully saturated rings. The monoisotopic (exact) mass is 690 g/mol. The lowest BCUT2D eigenvalue weighted by molar-refractivity contribution is -0.0999. The molecule has 0 heterocycles. The van der Waals surface area contributed by atoms with Gasteiger partial charge in [0.1, 0.15) is 29.8 Å². The third-order valence-corrected chi connectivity index (χ3v) is 8.55. The summed E-state index contributed by atoms with van der Waals surface area (Å²) in [6.07, 6.45) is 0. The largest absolute Gasteiger partial charge is 0.647 e. The molecule has 0 saturated heterocycles. The van der Waals surface area contributed by atoms with Crippen LogP contribution in [0.5, 0.6) is 34.5 Å². The average molecular weight is 691 g/mol. The molecule has 6 rings (SSSR count). The molecule has 0 aliphatic heterocycles. The summed E-state index contributed by atoms with van der Waals surface area (Å²) in [7, 11) is -2.40. The maximum atomic E-state index is 13.7. The van der Waals surface area contributed by atoms with Crippen LogP contribution >= 0.6 is 7.82 Å². The lowest BCUT2D eigenvalue weighted by Gasteiger charge is -2.26. The maximum absolute atomic E-state index is 13.7. The molecule has 0 aliphatic carbocycles. The standard InChI is InChI=1S/C33H29O6P.C7H8O.CH2O/c1-33(2,26-18-22-29(23-19-26)36-35-28-12-6-3-7-13-28)27-20-24-32(25-21-27)39-40(34,37-30-14-8-4-9-15-30)38-31-16-10-5-11-17-31;1-8-7-5-3-2-4-6-7;1-2/h3-25H,1-2H3;2-6H,1H3;1H2. The maximum Gasteiger partial charge on any atom is 0.647 e. The normalized spacial score (nSPS) is 10.5. The first kappa shape index (κ1) is 36.8. The number of benzene rings is 6. The Balaban J connectivity index is 0.000000489. The van der Waals surface area contributed by atoms with Gasteiger partial charge in [-0.3, -0.25) is 9.78 Å². The van der Waals surface area contributed by atoms with Gasteiger partial charge in [-0.1, -0.05) is 111 Å². The Hall–Kier alpha value is -5.98. The lowest BCUT2D eigenvalue weighted by atomic mass is 9.78. The van der Waals surface area contributed by atoms with Gasteiger partial charge in [-0.15, -0.1) is 0 Å². The van der Waals surface area contributed by atoms with E-state index in [-0.39, 0.29) is 5.41 Å². The number of hydrogen-bond donors (Lipinski definition) is 0. The second-order valence-electron chi connectivity index (χ2n) is 11.0. The molecular weight excluding hydrogens is 651 g/mol. The fourth-order valence-electron chi connectivity index (χ4n) is 4.56. The molecule has 6 aromatic carbocycles. The zero-order chi connectivity index (χ0) is 35.7. The van der Waals surface area contributed by atoms with Gasteiger partial charge in [-0.25, -0.2) is 0 Å². The minimum Gasteiger partial charge on any atom is -0.497 e. The first-order chi connectivity index (χ1) is 24.3. The van der Waals surface area contributed by atoms with E-state index in [1.54, 1.807) is 67.8 Å². The third kappa shape index (κ3) is 11.0. The van der Waals surface area contributed by atoms with E-state index in [9.17, 15) is 4.57 Å². The number of carbonyl (C=O) groups is 1. The lowest BCUT2D eigenvalue weighted by Crippen LogP contribution is -2.18. The van der Waals surface area contributed by atoms with Crippen molar-refractivity contribution in [3.05, 3.63) is 181 Å². The van der Waals surface area contributed by atoms with Crippen molar-refractivity contribution < 1.29 is 37.4 Å².